The minimum Gasteiger partial charge on any atom is -0.486 e. The van der Waals surface area contributed by atoms with Gasteiger partial charge in [0.25, 0.3) is 0 Å². The number of benzene rings is 1. The molecule has 1 aromatic rings. The number of nitrogens with zero attached hydrogens (tertiary/aromatic N) is 1. The number of nitrogens with one attached hydrogen (secondary N) is 1. The van der Waals surface area contributed by atoms with Crippen molar-refractivity contribution >= 4 is 0 Å². The van der Waals surface area contributed by atoms with Gasteiger partial charge in [-0.1, -0.05) is 25.1 Å². The summed E-state index contributed by atoms with van der Waals surface area (Å²) in [6.07, 6.45) is 10.7. The van der Waals surface area contributed by atoms with Crippen molar-refractivity contribution in [3.05, 3.63) is 35.9 Å². The molecule has 6 unspecified atom stereocenters. The molecule has 34 heavy (non-hydrogen) atoms. The lowest BCUT2D eigenvalue weighted by Gasteiger charge is -2.28. The van der Waals surface area contributed by atoms with Crippen LogP contribution in [0.4, 0.5) is 0 Å². The van der Waals surface area contributed by atoms with Crippen LogP contribution in [0.25, 0.3) is 0 Å². The summed E-state index contributed by atoms with van der Waals surface area (Å²) in [7, 11) is 0. The number of allylic oxidation sites excluding steroid dienone is 2. The predicted molar refractivity (Wildman–Crippen MR) is 133 cm³/mol. The molecule has 2 fully saturated rings. The Balaban J connectivity index is 1.11. The van der Waals surface area contributed by atoms with E-state index in [-0.39, 0.29) is 12.1 Å². The van der Waals surface area contributed by atoms with Gasteiger partial charge in [0.2, 0.25) is 0 Å². The number of ether oxygens (including phenoxy) is 2. The zero-order valence-corrected chi connectivity index (χ0v) is 20.6. The molecular weight excluding hydrogens is 428 g/mol. The number of hydrogen-bond donors (Lipinski definition) is 3. The standard InChI is InChI=1S/C28H42N2O4/c1-19-7-9-22-23(15-19)28(22)24(31)5-4-6-27(32)29-21(18-30-11-2-3-12-30)16-20-8-10-25-26(17-20)34-14-13-33-25/h7-10,17,19,21-24,27-29,31-32H,2-6,11-16,18H2,1H3/t19?,21-,22?,23?,24?,27?,28?/m0/s1. The van der Waals surface area contributed by atoms with Gasteiger partial charge in [-0.2, -0.15) is 0 Å². The number of fused-ring (bicyclic) bond motifs is 2. The summed E-state index contributed by atoms with van der Waals surface area (Å²) in [6, 6.07) is 6.36. The van der Waals surface area contributed by atoms with Crippen LogP contribution in [0.3, 0.4) is 0 Å². The van der Waals surface area contributed by atoms with Crippen LogP contribution in [0, 0.1) is 23.7 Å². The van der Waals surface area contributed by atoms with E-state index in [0.717, 1.165) is 50.4 Å². The van der Waals surface area contributed by atoms with Crippen molar-refractivity contribution in [1.29, 1.82) is 0 Å². The van der Waals surface area contributed by atoms with E-state index < -0.39 is 6.23 Å². The molecule has 0 radical (unpaired) electrons. The van der Waals surface area contributed by atoms with Gasteiger partial charge in [-0.05, 0) is 99.4 Å². The molecule has 0 spiro atoms. The van der Waals surface area contributed by atoms with Crippen LogP contribution in [-0.4, -0.2) is 66.3 Å². The van der Waals surface area contributed by atoms with Crippen LogP contribution < -0.4 is 14.8 Å². The fourth-order valence-electron chi connectivity index (χ4n) is 6.40. The number of hydrogen-bond acceptors (Lipinski definition) is 6. The van der Waals surface area contributed by atoms with E-state index in [2.05, 4.69) is 41.4 Å². The van der Waals surface area contributed by atoms with Gasteiger partial charge in [0.15, 0.2) is 11.5 Å². The number of likely N-dealkylation sites (tertiary alicyclic amines) is 1. The Bertz CT molecular complexity index is 840. The highest BCUT2D eigenvalue weighted by molar-refractivity contribution is 5.44. The van der Waals surface area contributed by atoms with Crippen molar-refractivity contribution in [2.45, 2.75) is 70.2 Å². The highest BCUT2D eigenvalue weighted by atomic mass is 16.6. The smallest absolute Gasteiger partial charge is 0.161 e. The number of aliphatic hydroxyl groups excluding tert-OH is 2. The Hall–Kier alpha value is -1.60. The normalized spacial score (nSPS) is 30.6. The first kappa shape index (κ1) is 24.1. The second-order valence-electron chi connectivity index (χ2n) is 11.0. The first-order chi connectivity index (χ1) is 16.6. The third kappa shape index (κ3) is 5.96. The summed E-state index contributed by atoms with van der Waals surface area (Å²) in [4.78, 5) is 2.50. The molecule has 0 aromatic heterocycles. The zero-order valence-electron chi connectivity index (χ0n) is 20.6. The monoisotopic (exact) mass is 470 g/mol. The lowest BCUT2D eigenvalue weighted by atomic mass is 9.97. The third-order valence-electron chi connectivity index (χ3n) is 8.21. The summed E-state index contributed by atoms with van der Waals surface area (Å²) in [5.41, 5.74) is 1.20. The molecule has 0 amide bonds. The van der Waals surface area contributed by atoms with E-state index >= 15 is 0 Å². The summed E-state index contributed by atoms with van der Waals surface area (Å²) < 4.78 is 11.4. The minimum atomic E-state index is -0.557. The Morgan fingerprint density at radius 1 is 1.06 bits per heavy atom. The second kappa shape index (κ2) is 11.0. The van der Waals surface area contributed by atoms with Crippen molar-refractivity contribution in [1.82, 2.24) is 10.2 Å². The molecule has 1 saturated carbocycles. The number of rotatable bonds is 11. The molecule has 6 heteroatoms. The zero-order chi connectivity index (χ0) is 23.5. The van der Waals surface area contributed by atoms with Crippen LogP contribution in [0.2, 0.25) is 0 Å². The summed E-state index contributed by atoms with van der Waals surface area (Å²) >= 11 is 0. The van der Waals surface area contributed by atoms with Gasteiger partial charge in [0.05, 0.1) is 6.10 Å². The van der Waals surface area contributed by atoms with E-state index in [1.807, 2.05) is 6.07 Å². The molecule has 188 valence electrons. The van der Waals surface area contributed by atoms with Gasteiger partial charge in [0.1, 0.15) is 19.4 Å². The highest BCUT2D eigenvalue weighted by Crippen LogP contribution is 2.56. The predicted octanol–water partition coefficient (Wildman–Crippen LogP) is 3.36. The first-order valence-electron chi connectivity index (χ1n) is 13.5. The van der Waals surface area contributed by atoms with Gasteiger partial charge < -0.3 is 24.6 Å². The molecular formula is C28H42N2O4. The molecule has 7 atom stereocenters. The Morgan fingerprint density at radius 3 is 2.65 bits per heavy atom. The molecule has 0 bridgehead atoms. The van der Waals surface area contributed by atoms with Gasteiger partial charge in [0, 0.05) is 12.6 Å². The maximum Gasteiger partial charge on any atom is 0.161 e. The molecule has 1 aromatic carbocycles. The van der Waals surface area contributed by atoms with E-state index in [4.69, 9.17) is 9.47 Å². The van der Waals surface area contributed by atoms with Crippen molar-refractivity contribution in [3.8, 4) is 11.5 Å². The minimum absolute atomic E-state index is 0.165. The molecule has 2 heterocycles. The maximum absolute atomic E-state index is 10.8. The molecule has 2 aliphatic heterocycles. The van der Waals surface area contributed by atoms with Crippen molar-refractivity contribution in [2.24, 2.45) is 23.7 Å². The van der Waals surface area contributed by atoms with Crippen LogP contribution in [0.1, 0.15) is 51.0 Å². The van der Waals surface area contributed by atoms with Gasteiger partial charge in [-0.15, -0.1) is 0 Å². The Morgan fingerprint density at radius 2 is 1.85 bits per heavy atom. The third-order valence-corrected chi connectivity index (χ3v) is 8.21. The first-order valence-corrected chi connectivity index (χ1v) is 13.5. The molecule has 3 N–H and O–H groups in total. The average molecular weight is 471 g/mol. The second-order valence-corrected chi connectivity index (χ2v) is 11.0. The lowest BCUT2D eigenvalue weighted by Crippen LogP contribution is -2.46. The van der Waals surface area contributed by atoms with Gasteiger partial charge >= 0.3 is 0 Å². The summed E-state index contributed by atoms with van der Waals surface area (Å²) in [5, 5.41) is 25.0. The molecule has 6 nitrogen and oxygen atoms in total. The summed E-state index contributed by atoms with van der Waals surface area (Å²) in [5.74, 6) is 3.98. The summed E-state index contributed by atoms with van der Waals surface area (Å²) in [6.45, 7) is 6.67. The highest BCUT2D eigenvalue weighted by Gasteiger charge is 2.53. The van der Waals surface area contributed by atoms with E-state index in [9.17, 15) is 10.2 Å². The van der Waals surface area contributed by atoms with Crippen LogP contribution in [0.15, 0.2) is 30.4 Å². The van der Waals surface area contributed by atoms with E-state index in [1.165, 1.54) is 24.8 Å². The van der Waals surface area contributed by atoms with Crippen LogP contribution in [-0.2, 0) is 6.42 Å². The van der Waals surface area contributed by atoms with E-state index in [0.29, 0.717) is 43.3 Å². The lowest BCUT2D eigenvalue weighted by molar-refractivity contribution is 0.0873. The SMILES string of the molecule is CC1C=CC2C(C1)C2C(O)CCCC(O)N[C@@H](Cc1ccc2c(c1)OCCO2)CN1CCCC1. The Labute approximate surface area is 204 Å². The maximum atomic E-state index is 10.8. The van der Waals surface area contributed by atoms with Crippen molar-refractivity contribution < 1.29 is 19.7 Å². The quantitative estimate of drug-likeness (QED) is 0.340. The topological polar surface area (TPSA) is 74.2 Å². The molecule has 5 rings (SSSR count). The molecule has 1 saturated heterocycles. The van der Waals surface area contributed by atoms with Crippen LogP contribution in [0.5, 0.6) is 11.5 Å². The number of aliphatic hydroxyl groups is 2. The fraction of sp³-hybridized carbons (Fsp3) is 0.714. The van der Waals surface area contributed by atoms with Crippen LogP contribution >= 0.6 is 0 Å². The Kier molecular flexibility index (Phi) is 7.79. The molecule has 2 aliphatic carbocycles. The van der Waals surface area contributed by atoms with Crippen molar-refractivity contribution in [2.75, 3.05) is 32.8 Å². The van der Waals surface area contributed by atoms with Gasteiger partial charge in [-0.25, -0.2) is 0 Å². The van der Waals surface area contributed by atoms with E-state index in [1.54, 1.807) is 0 Å². The van der Waals surface area contributed by atoms with Crippen molar-refractivity contribution in [3.63, 3.8) is 0 Å². The average Bonchev–Trinajstić information content (AvgIpc) is 3.30. The fourth-order valence-corrected chi connectivity index (χ4v) is 6.40. The molecule has 4 aliphatic rings. The van der Waals surface area contributed by atoms with Gasteiger partial charge in [-0.3, -0.25) is 5.32 Å². The largest absolute Gasteiger partial charge is 0.486 e.